The lowest BCUT2D eigenvalue weighted by atomic mass is 10.1. The molecule has 2 rings (SSSR count). The Balaban J connectivity index is 2.22. The minimum Gasteiger partial charge on any atom is -0.394 e. The first-order chi connectivity index (χ1) is 9.43. The van der Waals surface area contributed by atoms with Crippen LogP contribution in [0.4, 0.5) is 11.4 Å². The highest BCUT2D eigenvalue weighted by molar-refractivity contribution is 5.63. The van der Waals surface area contributed by atoms with Gasteiger partial charge in [0, 0.05) is 6.07 Å². The van der Waals surface area contributed by atoms with E-state index in [-0.39, 0.29) is 11.4 Å². The van der Waals surface area contributed by atoms with E-state index in [9.17, 15) is 20.3 Å². The van der Waals surface area contributed by atoms with Crippen LogP contribution in [-0.4, -0.2) is 51.4 Å². The maximum absolute atomic E-state index is 10.9. The van der Waals surface area contributed by atoms with Crippen molar-refractivity contribution >= 4 is 11.4 Å². The van der Waals surface area contributed by atoms with E-state index in [0.717, 1.165) is 5.56 Å². The van der Waals surface area contributed by atoms with Gasteiger partial charge in [0.15, 0.2) is 6.23 Å². The number of nitrogens with one attached hydrogen (secondary N) is 1. The number of nitrogens with zero attached hydrogens (tertiary/aromatic N) is 1. The zero-order chi connectivity index (χ0) is 14.9. The first-order valence-electron chi connectivity index (χ1n) is 6.08. The SMILES string of the molecule is Cc1ccc([N+](=O)[O-])c(N[C@@H]2O[C@H](CO)[C@@H](O)[C@@H]2O)c1. The first kappa shape index (κ1) is 14.7. The van der Waals surface area contributed by atoms with Gasteiger partial charge in [-0.05, 0) is 18.6 Å². The minimum absolute atomic E-state index is 0.159. The molecule has 0 amide bonds. The van der Waals surface area contributed by atoms with E-state index in [1.54, 1.807) is 19.1 Å². The third kappa shape index (κ3) is 2.73. The molecule has 8 nitrogen and oxygen atoms in total. The molecular formula is C12H16N2O6. The van der Waals surface area contributed by atoms with Gasteiger partial charge in [-0.1, -0.05) is 6.07 Å². The predicted molar refractivity (Wildman–Crippen MR) is 69.2 cm³/mol. The summed E-state index contributed by atoms with van der Waals surface area (Å²) in [5.74, 6) is 0. The molecule has 1 fully saturated rings. The van der Waals surface area contributed by atoms with Crippen molar-refractivity contribution < 1.29 is 25.0 Å². The van der Waals surface area contributed by atoms with E-state index >= 15 is 0 Å². The number of hydrogen-bond donors (Lipinski definition) is 4. The summed E-state index contributed by atoms with van der Waals surface area (Å²) >= 11 is 0. The molecule has 4 N–H and O–H groups in total. The van der Waals surface area contributed by atoms with Crippen LogP contribution in [0.15, 0.2) is 18.2 Å². The molecule has 0 spiro atoms. The molecule has 8 heteroatoms. The molecule has 1 saturated heterocycles. The number of anilines is 1. The van der Waals surface area contributed by atoms with Crippen molar-refractivity contribution in [3.8, 4) is 0 Å². The lowest BCUT2D eigenvalue weighted by Gasteiger charge is -2.17. The van der Waals surface area contributed by atoms with E-state index in [0.29, 0.717) is 0 Å². The maximum Gasteiger partial charge on any atom is 0.292 e. The van der Waals surface area contributed by atoms with Gasteiger partial charge in [-0.3, -0.25) is 10.1 Å². The Kier molecular flexibility index (Phi) is 4.19. The second-order valence-corrected chi connectivity index (χ2v) is 4.68. The Morgan fingerprint density at radius 1 is 1.40 bits per heavy atom. The van der Waals surface area contributed by atoms with Crippen LogP contribution >= 0.6 is 0 Å². The molecule has 1 heterocycles. The summed E-state index contributed by atoms with van der Waals surface area (Å²) in [4.78, 5) is 10.4. The van der Waals surface area contributed by atoms with Crippen LogP contribution in [0, 0.1) is 17.0 Å². The standard InChI is InChI=1S/C12H16N2O6/c1-6-2-3-8(14(18)19)7(4-6)13-12-11(17)10(16)9(5-15)20-12/h2-4,9-13,15-17H,5H2,1H3/t9-,10-,11+,12-/m1/s1. The zero-order valence-electron chi connectivity index (χ0n) is 10.8. The average molecular weight is 284 g/mol. The van der Waals surface area contributed by atoms with Gasteiger partial charge in [-0.25, -0.2) is 0 Å². The molecular weight excluding hydrogens is 268 g/mol. The lowest BCUT2D eigenvalue weighted by molar-refractivity contribution is -0.384. The van der Waals surface area contributed by atoms with Crippen LogP contribution in [0.3, 0.4) is 0 Å². The van der Waals surface area contributed by atoms with Crippen LogP contribution in [0.25, 0.3) is 0 Å². The summed E-state index contributed by atoms with van der Waals surface area (Å²) in [6, 6.07) is 4.49. The highest BCUT2D eigenvalue weighted by Gasteiger charge is 2.42. The number of nitro benzene ring substituents is 1. The van der Waals surface area contributed by atoms with Crippen LogP contribution in [0.2, 0.25) is 0 Å². The summed E-state index contributed by atoms with van der Waals surface area (Å²) in [5, 5.41) is 42.1. The number of benzene rings is 1. The van der Waals surface area contributed by atoms with E-state index < -0.39 is 36.1 Å². The second-order valence-electron chi connectivity index (χ2n) is 4.68. The monoisotopic (exact) mass is 284 g/mol. The number of aryl methyl sites for hydroxylation is 1. The molecule has 1 aliphatic heterocycles. The van der Waals surface area contributed by atoms with Gasteiger partial charge in [0.25, 0.3) is 5.69 Å². The Hall–Kier alpha value is -1.74. The third-order valence-electron chi connectivity index (χ3n) is 3.19. The molecule has 1 aromatic carbocycles. The number of ether oxygens (including phenoxy) is 1. The fourth-order valence-electron chi connectivity index (χ4n) is 2.10. The third-order valence-corrected chi connectivity index (χ3v) is 3.19. The fourth-order valence-corrected chi connectivity index (χ4v) is 2.10. The van der Waals surface area contributed by atoms with Crippen molar-refractivity contribution in [2.24, 2.45) is 0 Å². The summed E-state index contributed by atoms with van der Waals surface area (Å²) in [6.45, 7) is 1.32. The number of aliphatic hydroxyl groups is 3. The van der Waals surface area contributed by atoms with Crippen LogP contribution in [0.5, 0.6) is 0 Å². The van der Waals surface area contributed by atoms with Gasteiger partial charge in [-0.2, -0.15) is 0 Å². The summed E-state index contributed by atoms with van der Waals surface area (Å²) in [7, 11) is 0. The zero-order valence-corrected chi connectivity index (χ0v) is 10.8. The normalized spacial score (nSPS) is 29.4. The van der Waals surface area contributed by atoms with Crippen LogP contribution < -0.4 is 5.32 Å². The van der Waals surface area contributed by atoms with Gasteiger partial charge < -0.3 is 25.4 Å². The topological polar surface area (TPSA) is 125 Å². The lowest BCUT2D eigenvalue weighted by Crippen LogP contribution is -2.36. The summed E-state index contributed by atoms with van der Waals surface area (Å²) < 4.78 is 5.23. The molecule has 1 aliphatic rings. The molecule has 0 bridgehead atoms. The Morgan fingerprint density at radius 2 is 2.10 bits per heavy atom. The maximum atomic E-state index is 10.9. The Labute approximate surface area is 114 Å². The van der Waals surface area contributed by atoms with Crippen LogP contribution in [0.1, 0.15) is 5.56 Å². The quantitative estimate of drug-likeness (QED) is 0.444. The van der Waals surface area contributed by atoms with Crippen molar-refractivity contribution in [1.82, 2.24) is 0 Å². The Bertz CT molecular complexity index is 509. The highest BCUT2D eigenvalue weighted by Crippen LogP contribution is 2.29. The molecule has 0 radical (unpaired) electrons. The van der Waals surface area contributed by atoms with Crippen molar-refractivity contribution in [1.29, 1.82) is 0 Å². The number of hydrogen-bond acceptors (Lipinski definition) is 7. The van der Waals surface area contributed by atoms with E-state index in [4.69, 9.17) is 9.84 Å². The Morgan fingerprint density at radius 3 is 2.65 bits per heavy atom. The molecule has 0 saturated carbocycles. The smallest absolute Gasteiger partial charge is 0.292 e. The summed E-state index contributed by atoms with van der Waals surface area (Å²) in [6.07, 6.45) is -4.48. The summed E-state index contributed by atoms with van der Waals surface area (Å²) in [5.41, 5.74) is 0.822. The highest BCUT2D eigenvalue weighted by atomic mass is 16.6. The van der Waals surface area contributed by atoms with E-state index in [1.165, 1.54) is 6.07 Å². The molecule has 0 aliphatic carbocycles. The molecule has 4 atom stereocenters. The molecule has 20 heavy (non-hydrogen) atoms. The number of rotatable bonds is 4. The van der Waals surface area contributed by atoms with Gasteiger partial charge >= 0.3 is 0 Å². The number of nitro groups is 1. The van der Waals surface area contributed by atoms with Gasteiger partial charge in [-0.15, -0.1) is 0 Å². The van der Waals surface area contributed by atoms with Crippen LogP contribution in [-0.2, 0) is 4.74 Å². The van der Waals surface area contributed by atoms with Crippen molar-refractivity contribution in [3.63, 3.8) is 0 Å². The molecule has 0 aromatic heterocycles. The molecule has 110 valence electrons. The van der Waals surface area contributed by atoms with Crippen molar-refractivity contribution in [2.75, 3.05) is 11.9 Å². The van der Waals surface area contributed by atoms with Crippen molar-refractivity contribution in [3.05, 3.63) is 33.9 Å². The molecule has 1 aromatic rings. The van der Waals surface area contributed by atoms with E-state index in [2.05, 4.69) is 5.32 Å². The predicted octanol–water partition coefficient (Wildman–Crippen LogP) is -0.246. The second kappa shape index (κ2) is 5.71. The number of aliphatic hydroxyl groups excluding tert-OH is 3. The molecule has 0 unspecified atom stereocenters. The minimum atomic E-state index is -1.28. The first-order valence-corrected chi connectivity index (χ1v) is 6.08. The van der Waals surface area contributed by atoms with E-state index in [1.807, 2.05) is 0 Å². The largest absolute Gasteiger partial charge is 0.394 e. The van der Waals surface area contributed by atoms with Crippen molar-refractivity contribution in [2.45, 2.75) is 31.5 Å². The fraction of sp³-hybridized carbons (Fsp3) is 0.500. The van der Waals surface area contributed by atoms with Gasteiger partial charge in [0.1, 0.15) is 24.0 Å². The van der Waals surface area contributed by atoms with Gasteiger partial charge in [0.05, 0.1) is 11.5 Å². The van der Waals surface area contributed by atoms with Gasteiger partial charge in [0.2, 0.25) is 0 Å². The average Bonchev–Trinajstić information content (AvgIpc) is 2.66.